The SMILES string of the molecule is C=CC(C)C(C1=C(C)Oc2ccccc2O1)N(C1=CC2=C(CC1I)Oc1ccccc1O2)c1ccc2c(c1)C(C)(C)c1ccccc1-2. The van der Waals surface area contributed by atoms with Gasteiger partial charge in [0.1, 0.15) is 17.6 Å². The quantitative estimate of drug-likeness (QED) is 0.112. The molecule has 0 saturated heterocycles. The summed E-state index contributed by atoms with van der Waals surface area (Å²) in [5.41, 5.74) is 7.23. The van der Waals surface area contributed by atoms with Gasteiger partial charge in [0.25, 0.3) is 0 Å². The molecule has 0 saturated carbocycles. The summed E-state index contributed by atoms with van der Waals surface area (Å²) >= 11 is 2.55. The molecule has 3 unspecified atom stereocenters. The Kier molecular flexibility index (Phi) is 7.24. The molecule has 47 heavy (non-hydrogen) atoms. The zero-order chi connectivity index (χ0) is 32.4. The Balaban J connectivity index is 1.32. The Morgan fingerprint density at radius 3 is 2.15 bits per heavy atom. The Morgan fingerprint density at radius 1 is 0.809 bits per heavy atom. The van der Waals surface area contributed by atoms with Gasteiger partial charge < -0.3 is 23.8 Å². The third-order valence-electron chi connectivity index (χ3n) is 9.76. The lowest BCUT2D eigenvalue weighted by atomic mass is 9.82. The molecule has 0 spiro atoms. The molecule has 2 aliphatic carbocycles. The molecule has 3 atom stereocenters. The van der Waals surface area contributed by atoms with Crippen LogP contribution in [0.5, 0.6) is 23.0 Å². The highest BCUT2D eigenvalue weighted by Gasteiger charge is 2.41. The third kappa shape index (κ3) is 4.87. The molecule has 0 amide bonds. The summed E-state index contributed by atoms with van der Waals surface area (Å²) in [4.78, 5) is 2.42. The van der Waals surface area contributed by atoms with E-state index >= 15 is 0 Å². The molecule has 0 N–H and O–H groups in total. The van der Waals surface area contributed by atoms with E-state index < -0.39 is 0 Å². The van der Waals surface area contributed by atoms with Crippen molar-refractivity contribution in [3.05, 3.63) is 150 Å². The second kappa shape index (κ2) is 11.4. The largest absolute Gasteiger partial charge is 0.454 e. The Hall–Kier alpha value is -4.43. The molecule has 2 aliphatic heterocycles. The van der Waals surface area contributed by atoms with Crippen molar-refractivity contribution in [1.82, 2.24) is 0 Å². The van der Waals surface area contributed by atoms with Gasteiger partial charge >= 0.3 is 0 Å². The van der Waals surface area contributed by atoms with Gasteiger partial charge in [-0.15, -0.1) is 6.58 Å². The summed E-state index contributed by atoms with van der Waals surface area (Å²) in [7, 11) is 0. The van der Waals surface area contributed by atoms with E-state index in [9.17, 15) is 0 Å². The number of rotatable bonds is 6. The fourth-order valence-corrected chi connectivity index (χ4v) is 8.15. The smallest absolute Gasteiger partial charge is 0.170 e. The van der Waals surface area contributed by atoms with Gasteiger partial charge in [0.05, 0.1) is 3.92 Å². The number of nitrogens with zero attached hydrogens (tertiary/aromatic N) is 1. The fraction of sp³-hybridized carbons (Fsp3) is 0.220. The summed E-state index contributed by atoms with van der Waals surface area (Å²) in [6.07, 6.45) is 4.83. The molecular formula is C41H36INO4. The van der Waals surface area contributed by atoms with Crippen molar-refractivity contribution < 1.29 is 18.9 Å². The van der Waals surface area contributed by atoms with E-state index in [2.05, 4.69) is 103 Å². The number of benzene rings is 4. The third-order valence-corrected chi connectivity index (χ3v) is 10.8. The molecule has 4 aliphatic rings. The lowest BCUT2D eigenvalue weighted by molar-refractivity contribution is 0.260. The highest BCUT2D eigenvalue weighted by Crippen LogP contribution is 2.51. The van der Waals surface area contributed by atoms with Crippen molar-refractivity contribution in [2.45, 2.75) is 49.5 Å². The van der Waals surface area contributed by atoms with Crippen LogP contribution >= 0.6 is 22.6 Å². The van der Waals surface area contributed by atoms with Crippen LogP contribution in [-0.4, -0.2) is 9.97 Å². The molecule has 6 heteroatoms. The Labute approximate surface area is 290 Å². The summed E-state index contributed by atoms with van der Waals surface area (Å²) in [6.45, 7) is 13.1. The van der Waals surface area contributed by atoms with Crippen molar-refractivity contribution in [1.29, 1.82) is 0 Å². The van der Waals surface area contributed by atoms with Crippen molar-refractivity contribution >= 4 is 28.3 Å². The topological polar surface area (TPSA) is 40.2 Å². The number of allylic oxidation sites excluding steroid dienone is 4. The van der Waals surface area contributed by atoms with Crippen molar-refractivity contribution in [3.8, 4) is 34.1 Å². The van der Waals surface area contributed by atoms with E-state index in [0.29, 0.717) is 23.7 Å². The van der Waals surface area contributed by atoms with Crippen molar-refractivity contribution in [2.24, 2.45) is 5.92 Å². The predicted octanol–water partition coefficient (Wildman–Crippen LogP) is 10.5. The first-order valence-electron chi connectivity index (χ1n) is 16.1. The van der Waals surface area contributed by atoms with E-state index in [-0.39, 0.29) is 21.3 Å². The zero-order valence-corrected chi connectivity index (χ0v) is 29.1. The standard InChI is InChI=1S/C41H36INO4/c1-6-24(2)39(40-25(3)44-33-15-9-12-18-36(33)47-40)43(26-19-20-28-27-13-7-8-14-29(27)41(4,5)30(28)21-26)32-23-38-37(22-31(32)42)45-34-16-10-11-17-35(34)46-38/h6-21,23-24,31,39H,1,22H2,2-5H3. The molecule has 0 aromatic heterocycles. The average molecular weight is 734 g/mol. The van der Waals surface area contributed by atoms with Gasteiger partial charge in [0.2, 0.25) is 0 Å². The first-order valence-corrected chi connectivity index (χ1v) is 17.3. The number of alkyl halides is 1. The van der Waals surface area contributed by atoms with Gasteiger partial charge in [-0.2, -0.15) is 0 Å². The van der Waals surface area contributed by atoms with E-state index in [1.54, 1.807) is 0 Å². The molecule has 5 nitrogen and oxygen atoms in total. The number of hydrogen-bond acceptors (Lipinski definition) is 5. The van der Waals surface area contributed by atoms with Crippen LogP contribution in [0.15, 0.2) is 138 Å². The van der Waals surface area contributed by atoms with Crippen molar-refractivity contribution in [2.75, 3.05) is 4.90 Å². The van der Waals surface area contributed by atoms with Crippen LogP contribution in [0.4, 0.5) is 5.69 Å². The van der Waals surface area contributed by atoms with Gasteiger partial charge in [-0.05, 0) is 65.6 Å². The van der Waals surface area contributed by atoms with Crippen LogP contribution in [0.25, 0.3) is 11.1 Å². The monoisotopic (exact) mass is 733 g/mol. The highest BCUT2D eigenvalue weighted by molar-refractivity contribution is 14.1. The summed E-state index contributed by atoms with van der Waals surface area (Å²) < 4.78 is 26.1. The summed E-state index contributed by atoms with van der Waals surface area (Å²) in [5, 5.41) is 0. The molecule has 236 valence electrons. The maximum Gasteiger partial charge on any atom is 0.170 e. The summed E-state index contributed by atoms with van der Waals surface area (Å²) in [6, 6.07) is 31.0. The molecule has 0 fully saturated rings. The van der Waals surface area contributed by atoms with Gasteiger partial charge in [-0.25, -0.2) is 0 Å². The van der Waals surface area contributed by atoms with Crippen LogP contribution in [0, 0.1) is 5.92 Å². The molecule has 4 aromatic carbocycles. The minimum absolute atomic E-state index is 0.0172. The minimum Gasteiger partial charge on any atom is -0.454 e. The molecule has 8 rings (SSSR count). The number of anilines is 1. The normalized spacial score (nSPS) is 19.6. The lowest BCUT2D eigenvalue weighted by Crippen LogP contribution is -2.46. The first-order chi connectivity index (χ1) is 22.7. The van der Waals surface area contributed by atoms with Crippen LogP contribution in [0.2, 0.25) is 0 Å². The number of hydrogen-bond donors (Lipinski definition) is 0. The van der Waals surface area contributed by atoms with Gasteiger partial charge in [-0.1, -0.05) is 104 Å². The second-order valence-electron chi connectivity index (χ2n) is 13.1. The lowest BCUT2D eigenvalue weighted by Gasteiger charge is -2.43. The maximum absolute atomic E-state index is 6.76. The van der Waals surface area contributed by atoms with Crippen LogP contribution in [-0.2, 0) is 5.41 Å². The summed E-state index contributed by atoms with van der Waals surface area (Å²) in [5.74, 6) is 5.92. The number of para-hydroxylation sites is 4. The highest BCUT2D eigenvalue weighted by atomic mass is 127. The van der Waals surface area contributed by atoms with Gasteiger partial charge in [0.15, 0.2) is 34.5 Å². The van der Waals surface area contributed by atoms with E-state index in [0.717, 1.165) is 40.2 Å². The predicted molar refractivity (Wildman–Crippen MR) is 195 cm³/mol. The Morgan fingerprint density at radius 2 is 1.43 bits per heavy atom. The number of ether oxygens (including phenoxy) is 4. The number of halogens is 1. The molecular weight excluding hydrogens is 697 g/mol. The molecule has 0 radical (unpaired) electrons. The van der Waals surface area contributed by atoms with Crippen LogP contribution < -0.4 is 23.8 Å². The van der Waals surface area contributed by atoms with Gasteiger partial charge in [-0.3, -0.25) is 0 Å². The first kappa shape index (κ1) is 29.9. The minimum atomic E-state index is -0.270. The molecule has 2 heterocycles. The average Bonchev–Trinajstić information content (AvgIpc) is 3.31. The fourth-order valence-electron chi connectivity index (χ4n) is 7.27. The second-order valence-corrected chi connectivity index (χ2v) is 14.6. The van der Waals surface area contributed by atoms with E-state index in [1.807, 2.05) is 61.5 Å². The Bertz CT molecular complexity index is 2040. The zero-order valence-electron chi connectivity index (χ0n) is 26.9. The van der Waals surface area contributed by atoms with Gasteiger partial charge in [0, 0.05) is 35.2 Å². The van der Waals surface area contributed by atoms with E-state index in [1.165, 1.54) is 22.3 Å². The maximum atomic E-state index is 6.76. The van der Waals surface area contributed by atoms with E-state index in [4.69, 9.17) is 18.9 Å². The molecule has 4 aromatic rings. The van der Waals surface area contributed by atoms with Crippen molar-refractivity contribution in [3.63, 3.8) is 0 Å². The molecule has 0 bridgehead atoms. The van der Waals surface area contributed by atoms with Crippen LogP contribution in [0.1, 0.15) is 45.2 Å². The van der Waals surface area contributed by atoms with Crippen LogP contribution in [0.3, 0.4) is 0 Å². The number of fused-ring (bicyclic) bond motifs is 5.